The fraction of sp³-hybridized carbons (Fsp3) is 0.667. The largest absolute Gasteiger partial charge is 2.00 e. The minimum Gasteiger partial charge on any atom is -0.676 e. The molecule has 1 saturated carbocycles. The fourth-order valence-electron chi connectivity index (χ4n) is 1.42. The average Bonchev–Trinajstić information content (AvgIpc) is 2.49. The molecular formula is C12H24N4O8Pt. The van der Waals surface area contributed by atoms with Crippen molar-refractivity contribution >= 4 is 23.8 Å². The van der Waals surface area contributed by atoms with Crippen LogP contribution in [0.25, 0.3) is 11.5 Å². The first kappa shape index (κ1) is 31.2. The number of amides is 1. The maximum absolute atomic E-state index is 10.2. The summed E-state index contributed by atoms with van der Waals surface area (Å²) in [5, 5.41) is 22.8. The molecule has 0 bridgehead atoms. The van der Waals surface area contributed by atoms with Gasteiger partial charge in [-0.3, -0.25) is 15.0 Å². The molecule has 0 spiro atoms. The number of hydrogen-bond acceptors (Lipinski definition) is 5. The molecule has 1 amide bonds. The van der Waals surface area contributed by atoms with Crippen LogP contribution in [0.5, 0.6) is 0 Å². The number of carbonyl (C=O) groups excluding carboxylic acids is 1. The van der Waals surface area contributed by atoms with E-state index in [2.05, 4.69) is 5.84 Å². The number of hydrazine groups is 1. The van der Waals surface area contributed by atoms with Crippen LogP contribution >= 0.6 is 0 Å². The van der Waals surface area contributed by atoms with Crippen LogP contribution in [0.4, 0.5) is 0 Å². The Morgan fingerprint density at radius 1 is 0.920 bits per heavy atom. The maximum atomic E-state index is 10.2. The van der Waals surface area contributed by atoms with Gasteiger partial charge in [0.15, 0.2) is 0 Å². The molecule has 0 aliphatic heterocycles. The third kappa shape index (κ3) is 22.4. The Labute approximate surface area is 158 Å². The first-order valence-corrected chi connectivity index (χ1v) is 6.71. The van der Waals surface area contributed by atoms with Crippen molar-refractivity contribution in [2.45, 2.75) is 50.6 Å². The average molecular weight is 547 g/mol. The molecule has 0 saturated heterocycles. The van der Waals surface area contributed by atoms with Gasteiger partial charge in [-0.05, 0) is 0 Å². The summed E-state index contributed by atoms with van der Waals surface area (Å²) in [6.07, 6.45) is 4.00. The molecule has 1 rings (SSSR count). The van der Waals surface area contributed by atoms with Gasteiger partial charge in [-0.15, -0.1) is 0 Å². The van der Waals surface area contributed by atoms with Gasteiger partial charge < -0.3 is 32.3 Å². The van der Waals surface area contributed by atoms with Gasteiger partial charge >= 0.3 is 39.0 Å². The molecule has 0 unspecified atom stereocenters. The summed E-state index contributed by atoms with van der Waals surface area (Å²) in [6.45, 7) is 0. The molecule has 0 aromatic carbocycles. The van der Waals surface area contributed by atoms with Gasteiger partial charge in [0.25, 0.3) is 0 Å². The Morgan fingerprint density at radius 3 is 1.48 bits per heavy atom. The molecule has 0 aromatic heterocycles. The molecule has 12 nitrogen and oxygen atoms in total. The van der Waals surface area contributed by atoms with Crippen LogP contribution in [0.2, 0.25) is 0 Å². The minimum absolute atomic E-state index is 0. The van der Waals surface area contributed by atoms with E-state index < -0.39 is 23.8 Å². The van der Waals surface area contributed by atoms with E-state index in [-0.39, 0.29) is 51.5 Å². The van der Waals surface area contributed by atoms with Crippen LogP contribution in [0.1, 0.15) is 38.5 Å². The molecule has 1 aliphatic rings. The summed E-state index contributed by atoms with van der Waals surface area (Å²) in [6, 6.07) is -0.160. The van der Waals surface area contributed by atoms with Crippen molar-refractivity contribution in [3.05, 3.63) is 11.5 Å². The Kier molecular flexibility index (Phi) is 23.4. The molecule has 1 fully saturated rings. The first-order chi connectivity index (χ1) is 10.6. The van der Waals surface area contributed by atoms with Crippen LogP contribution in [0.3, 0.4) is 0 Å². The second kappa shape index (κ2) is 18.7. The van der Waals surface area contributed by atoms with E-state index >= 15 is 0 Å². The molecule has 1 aliphatic carbocycles. The van der Waals surface area contributed by atoms with Gasteiger partial charge in [0.2, 0.25) is 5.91 Å². The summed E-state index contributed by atoms with van der Waals surface area (Å²) < 4.78 is 0. The van der Waals surface area contributed by atoms with E-state index in [1.54, 1.807) is 0 Å². The molecular weight excluding hydrogens is 523 g/mol. The fourth-order valence-corrected chi connectivity index (χ4v) is 1.42. The van der Waals surface area contributed by atoms with E-state index in [1.807, 2.05) is 5.43 Å². The van der Waals surface area contributed by atoms with E-state index in [4.69, 9.17) is 36.4 Å². The number of hydrogen-bond donors (Lipinski definition) is 5. The van der Waals surface area contributed by atoms with Crippen molar-refractivity contribution in [3.63, 3.8) is 0 Å². The van der Waals surface area contributed by atoms with Gasteiger partial charge in [-0.25, -0.2) is 15.4 Å². The number of carboxylic acids is 3. The predicted octanol–water partition coefficient (Wildman–Crippen LogP) is -0.428. The summed E-state index contributed by atoms with van der Waals surface area (Å²) >= 11 is 0. The zero-order chi connectivity index (χ0) is 18.4. The van der Waals surface area contributed by atoms with Crippen molar-refractivity contribution in [1.82, 2.24) is 5.43 Å². The smallest absolute Gasteiger partial charge is 0.676 e. The number of aliphatic carboxylic acids is 3. The first-order valence-electron chi connectivity index (χ1n) is 6.71. The number of rotatable bonds is 3. The Morgan fingerprint density at radius 2 is 1.28 bits per heavy atom. The van der Waals surface area contributed by atoms with Crippen LogP contribution in [0.15, 0.2) is 0 Å². The van der Waals surface area contributed by atoms with Crippen LogP contribution in [-0.2, 0) is 40.2 Å². The molecule has 13 heteroatoms. The van der Waals surface area contributed by atoms with Gasteiger partial charge in [0, 0.05) is 6.42 Å². The van der Waals surface area contributed by atoms with Crippen molar-refractivity contribution in [1.29, 1.82) is 0 Å². The van der Waals surface area contributed by atoms with Crippen LogP contribution in [-0.4, -0.2) is 56.7 Å². The second-order valence-electron chi connectivity index (χ2n) is 4.57. The molecule has 0 radical (unpaired) electrons. The van der Waals surface area contributed by atoms with Crippen molar-refractivity contribution in [2.24, 2.45) is 5.84 Å². The van der Waals surface area contributed by atoms with E-state index in [1.165, 1.54) is 12.8 Å². The maximum Gasteiger partial charge on any atom is 2.00 e. The quantitative estimate of drug-likeness (QED) is 0.134. The van der Waals surface area contributed by atoms with Crippen LogP contribution < -0.4 is 11.3 Å². The predicted molar refractivity (Wildman–Crippen MR) is 82.8 cm³/mol. The van der Waals surface area contributed by atoms with E-state index in [0.29, 0.717) is 0 Å². The van der Waals surface area contributed by atoms with E-state index in [0.717, 1.165) is 12.8 Å². The van der Waals surface area contributed by atoms with Gasteiger partial charge in [-0.1, -0.05) is 25.7 Å². The van der Waals surface area contributed by atoms with Gasteiger partial charge in [0.05, 0.1) is 6.42 Å². The molecule has 150 valence electrons. The Hall–Kier alpha value is -1.59. The monoisotopic (exact) mass is 547 g/mol. The van der Waals surface area contributed by atoms with Crippen LogP contribution in [0, 0.1) is 0 Å². The normalized spacial score (nSPS) is 17.6. The molecule has 25 heavy (non-hydrogen) atoms. The van der Waals surface area contributed by atoms with Gasteiger partial charge in [-0.2, -0.15) is 12.1 Å². The molecule has 0 aromatic rings. The number of carboxylic acid groups (broad SMARTS) is 3. The number of carbonyl (C=O) groups is 4. The third-order valence-corrected chi connectivity index (χ3v) is 2.68. The van der Waals surface area contributed by atoms with Crippen molar-refractivity contribution < 1.29 is 61.0 Å². The summed E-state index contributed by atoms with van der Waals surface area (Å²) in [5.41, 5.74) is 16.4. The van der Waals surface area contributed by atoms with Crippen molar-refractivity contribution in [3.8, 4) is 0 Å². The minimum atomic E-state index is -1.82. The molecule has 0 heterocycles. The Bertz CT molecular complexity index is 389. The zero-order valence-corrected chi connectivity index (χ0v) is 15.5. The summed E-state index contributed by atoms with van der Waals surface area (Å²) in [7, 11) is 0. The molecule has 10 N–H and O–H groups in total. The second-order valence-corrected chi connectivity index (χ2v) is 4.57. The van der Waals surface area contributed by atoms with E-state index in [9.17, 15) is 9.59 Å². The number of nitrogens with two attached hydrogens (primary N) is 1. The molecule has 2 atom stereocenters. The Balaban J connectivity index is -0.000000130. The zero-order valence-electron chi connectivity index (χ0n) is 13.3. The van der Waals surface area contributed by atoms with Gasteiger partial charge in [0.1, 0.15) is 0 Å². The SMILES string of the molecule is NNC(=O)CCC(=O)O.O.O=C(O)C(=O)O.[NH-][C@@H]1CCCC[C@H]1[NH-].[Pt+2]. The van der Waals surface area contributed by atoms with Crippen molar-refractivity contribution in [2.75, 3.05) is 0 Å². The topological polar surface area (TPSA) is 246 Å². The number of nitrogens with one attached hydrogen (secondary N) is 3. The third-order valence-electron chi connectivity index (χ3n) is 2.68. The summed E-state index contributed by atoms with van der Waals surface area (Å²) in [4.78, 5) is 38.2. The standard InChI is InChI=1S/C6H12N2.C4H8N2O3.C2H2O4.H2O.Pt/c7-5-3-1-2-4-6(5)8;5-6-3(7)1-2-4(8)9;3-1(4)2(5)6;;/h5-8H,1-4H2;1-2,5H2,(H,6,7)(H,8,9);(H,3,4)(H,5,6);1H2;/q-2;;;;+2/t5-,6-;;;;/m1..../s1. The summed E-state index contributed by atoms with van der Waals surface area (Å²) in [5.74, 6) is -0.444.